The van der Waals surface area contributed by atoms with Crippen molar-refractivity contribution in [3.8, 4) is 0 Å². The van der Waals surface area contributed by atoms with Crippen LogP contribution in [0, 0.1) is 11.6 Å². The van der Waals surface area contributed by atoms with Gasteiger partial charge in [0.1, 0.15) is 11.6 Å². The zero-order chi connectivity index (χ0) is 9.26. The van der Waals surface area contributed by atoms with E-state index in [0.717, 1.165) is 18.7 Å². The lowest BCUT2D eigenvalue weighted by atomic mass is 10.3. The molecule has 1 aromatic carbocycles. The summed E-state index contributed by atoms with van der Waals surface area (Å²) in [6.07, 6.45) is 0.229. The molecule has 70 valence electrons. The van der Waals surface area contributed by atoms with Crippen LogP contribution in [0.1, 0.15) is 0 Å². The number of hydrogen-bond acceptors (Lipinski definition) is 2. The molecule has 4 heteroatoms. The molecule has 1 aliphatic heterocycles. The standard InChI is InChI=1S/C9H8F2OS/c10-6-1-2-8(11)9(3-6)13-5-7-4-12-7/h1-3,7H,4-5H2/t7-/m1/s1. The fourth-order valence-corrected chi connectivity index (χ4v) is 1.89. The molecule has 1 atom stereocenters. The molecule has 0 aromatic heterocycles. The summed E-state index contributed by atoms with van der Waals surface area (Å²) in [5.41, 5.74) is 0. The van der Waals surface area contributed by atoms with Gasteiger partial charge >= 0.3 is 0 Å². The van der Waals surface area contributed by atoms with Crippen LogP contribution < -0.4 is 0 Å². The highest BCUT2D eigenvalue weighted by Gasteiger charge is 2.22. The Labute approximate surface area is 79.1 Å². The maximum absolute atomic E-state index is 13.0. The van der Waals surface area contributed by atoms with Crippen molar-refractivity contribution in [1.82, 2.24) is 0 Å². The molecule has 2 rings (SSSR count). The molecule has 1 aromatic rings. The lowest BCUT2D eigenvalue weighted by Crippen LogP contribution is -1.91. The number of epoxide rings is 1. The molecule has 0 bridgehead atoms. The van der Waals surface area contributed by atoms with Crippen LogP contribution in [0.3, 0.4) is 0 Å². The van der Waals surface area contributed by atoms with Gasteiger partial charge in [0.25, 0.3) is 0 Å². The predicted molar refractivity (Wildman–Crippen MR) is 46.8 cm³/mol. The number of benzene rings is 1. The Kier molecular flexibility index (Phi) is 2.51. The average Bonchev–Trinajstić information content (AvgIpc) is 2.90. The van der Waals surface area contributed by atoms with Crippen molar-refractivity contribution >= 4 is 11.8 Å². The van der Waals surface area contributed by atoms with Crippen LogP contribution in [-0.2, 0) is 4.74 Å². The van der Waals surface area contributed by atoms with Crippen molar-refractivity contribution in [3.05, 3.63) is 29.8 Å². The Morgan fingerprint density at radius 3 is 2.92 bits per heavy atom. The van der Waals surface area contributed by atoms with Crippen molar-refractivity contribution in [3.63, 3.8) is 0 Å². The fraction of sp³-hybridized carbons (Fsp3) is 0.333. The maximum Gasteiger partial charge on any atom is 0.136 e. The molecular weight excluding hydrogens is 194 g/mol. The Morgan fingerprint density at radius 1 is 1.46 bits per heavy atom. The summed E-state index contributed by atoms with van der Waals surface area (Å²) in [6.45, 7) is 0.740. The second-order valence-corrected chi connectivity index (χ2v) is 3.90. The van der Waals surface area contributed by atoms with Crippen molar-refractivity contribution in [1.29, 1.82) is 0 Å². The molecule has 1 aliphatic rings. The number of rotatable bonds is 3. The second-order valence-electron chi connectivity index (χ2n) is 2.84. The van der Waals surface area contributed by atoms with Gasteiger partial charge in [-0.3, -0.25) is 0 Å². The van der Waals surface area contributed by atoms with Crippen LogP contribution in [0.5, 0.6) is 0 Å². The normalized spacial score (nSPS) is 20.3. The Balaban J connectivity index is 2.03. The highest BCUT2D eigenvalue weighted by molar-refractivity contribution is 7.99. The van der Waals surface area contributed by atoms with Gasteiger partial charge in [-0.05, 0) is 18.2 Å². The van der Waals surface area contributed by atoms with Crippen molar-refractivity contribution in [2.24, 2.45) is 0 Å². The Morgan fingerprint density at radius 2 is 2.23 bits per heavy atom. The summed E-state index contributed by atoms with van der Waals surface area (Å²) in [7, 11) is 0. The van der Waals surface area contributed by atoms with E-state index in [1.165, 1.54) is 17.8 Å². The quantitative estimate of drug-likeness (QED) is 0.551. The van der Waals surface area contributed by atoms with E-state index >= 15 is 0 Å². The van der Waals surface area contributed by atoms with E-state index in [-0.39, 0.29) is 11.9 Å². The Bertz CT molecular complexity index is 312. The van der Waals surface area contributed by atoms with Crippen LogP contribution in [0.25, 0.3) is 0 Å². The van der Waals surface area contributed by atoms with Gasteiger partial charge in [0.2, 0.25) is 0 Å². The van der Waals surface area contributed by atoms with Crippen molar-refractivity contribution in [2.45, 2.75) is 11.0 Å². The molecule has 1 saturated heterocycles. The maximum atomic E-state index is 13.0. The number of thioether (sulfide) groups is 1. The fourth-order valence-electron chi connectivity index (χ4n) is 0.935. The Hall–Kier alpha value is -0.610. The lowest BCUT2D eigenvalue weighted by molar-refractivity contribution is 0.426. The van der Waals surface area contributed by atoms with Crippen LogP contribution in [-0.4, -0.2) is 18.5 Å². The zero-order valence-corrected chi connectivity index (χ0v) is 7.61. The first-order valence-corrected chi connectivity index (χ1v) is 4.94. The number of halogens is 2. The van der Waals surface area contributed by atoms with Crippen LogP contribution in [0.4, 0.5) is 8.78 Å². The molecule has 1 fully saturated rings. The van der Waals surface area contributed by atoms with E-state index in [0.29, 0.717) is 10.6 Å². The van der Waals surface area contributed by atoms with Gasteiger partial charge in [0.15, 0.2) is 0 Å². The van der Waals surface area contributed by atoms with Gasteiger partial charge < -0.3 is 4.74 Å². The average molecular weight is 202 g/mol. The van der Waals surface area contributed by atoms with Gasteiger partial charge in [-0.25, -0.2) is 8.78 Å². The smallest absolute Gasteiger partial charge is 0.136 e. The van der Waals surface area contributed by atoms with Crippen molar-refractivity contribution < 1.29 is 13.5 Å². The number of ether oxygens (including phenoxy) is 1. The molecule has 0 amide bonds. The topological polar surface area (TPSA) is 12.5 Å². The van der Waals surface area contributed by atoms with Gasteiger partial charge in [0, 0.05) is 10.6 Å². The first kappa shape index (κ1) is 8.97. The van der Waals surface area contributed by atoms with E-state index in [1.54, 1.807) is 0 Å². The highest BCUT2D eigenvalue weighted by Crippen LogP contribution is 2.26. The molecule has 0 unspecified atom stereocenters. The highest BCUT2D eigenvalue weighted by atomic mass is 32.2. The molecule has 1 nitrogen and oxygen atoms in total. The largest absolute Gasteiger partial charge is 0.372 e. The van der Waals surface area contributed by atoms with Crippen LogP contribution in [0.15, 0.2) is 23.1 Å². The SMILES string of the molecule is Fc1ccc(F)c(SC[C@H]2CO2)c1. The van der Waals surface area contributed by atoms with Crippen LogP contribution >= 0.6 is 11.8 Å². The molecular formula is C9H8F2OS. The third kappa shape index (κ3) is 2.42. The van der Waals surface area contributed by atoms with E-state index in [9.17, 15) is 8.78 Å². The minimum absolute atomic E-state index is 0.229. The second kappa shape index (κ2) is 3.64. The van der Waals surface area contributed by atoms with Crippen LogP contribution in [0.2, 0.25) is 0 Å². The zero-order valence-electron chi connectivity index (χ0n) is 6.80. The lowest BCUT2D eigenvalue weighted by Gasteiger charge is -2.00. The molecule has 0 spiro atoms. The summed E-state index contributed by atoms with van der Waals surface area (Å²) < 4.78 is 30.7. The molecule has 0 N–H and O–H groups in total. The molecule has 0 saturated carbocycles. The van der Waals surface area contributed by atoms with Crippen molar-refractivity contribution in [2.75, 3.05) is 12.4 Å². The molecule has 1 heterocycles. The summed E-state index contributed by atoms with van der Waals surface area (Å²) in [6, 6.07) is 3.47. The molecule has 0 aliphatic carbocycles. The molecule has 0 radical (unpaired) electrons. The van der Waals surface area contributed by atoms with Gasteiger partial charge in [0.05, 0.1) is 12.7 Å². The first-order valence-electron chi connectivity index (χ1n) is 3.95. The van der Waals surface area contributed by atoms with Gasteiger partial charge in [-0.1, -0.05) is 0 Å². The van der Waals surface area contributed by atoms with Gasteiger partial charge in [-0.15, -0.1) is 11.8 Å². The van der Waals surface area contributed by atoms with Gasteiger partial charge in [-0.2, -0.15) is 0 Å². The number of hydrogen-bond donors (Lipinski definition) is 0. The third-order valence-electron chi connectivity index (χ3n) is 1.72. The predicted octanol–water partition coefficient (Wildman–Crippen LogP) is 2.46. The molecule has 13 heavy (non-hydrogen) atoms. The third-order valence-corrected chi connectivity index (χ3v) is 2.88. The monoisotopic (exact) mass is 202 g/mol. The summed E-state index contributed by atoms with van der Waals surface area (Å²) >= 11 is 1.29. The summed E-state index contributed by atoms with van der Waals surface area (Å²) in [5.74, 6) is -0.0759. The summed E-state index contributed by atoms with van der Waals surface area (Å²) in [5, 5.41) is 0. The van der Waals surface area contributed by atoms with E-state index in [1.807, 2.05) is 0 Å². The van der Waals surface area contributed by atoms with E-state index < -0.39 is 5.82 Å². The van der Waals surface area contributed by atoms with E-state index in [4.69, 9.17) is 4.74 Å². The van der Waals surface area contributed by atoms with E-state index in [2.05, 4.69) is 0 Å². The minimum Gasteiger partial charge on any atom is -0.372 e. The first-order chi connectivity index (χ1) is 6.25. The minimum atomic E-state index is -0.402. The summed E-state index contributed by atoms with van der Waals surface area (Å²) in [4.78, 5) is 0.357.